The molecule has 0 rings (SSSR count). The van der Waals surface area contributed by atoms with Gasteiger partial charge in [0.05, 0.1) is 0 Å². The summed E-state index contributed by atoms with van der Waals surface area (Å²) in [6.45, 7) is 0. The summed E-state index contributed by atoms with van der Waals surface area (Å²) in [7, 11) is 0. The van der Waals surface area contributed by atoms with E-state index in [0.717, 1.165) is 0 Å². The van der Waals surface area contributed by atoms with Crippen molar-refractivity contribution in [1.82, 2.24) is 0 Å². The molecule has 35 valence electrons. The van der Waals surface area contributed by atoms with Crippen LogP contribution in [0.5, 0.6) is 0 Å². The summed E-state index contributed by atoms with van der Waals surface area (Å²) in [5.74, 6) is 0. The van der Waals surface area contributed by atoms with Crippen molar-refractivity contribution in [2.24, 2.45) is 0 Å². The molecular weight excluding hydrogens is 349 g/mol. The van der Waals surface area contributed by atoms with Crippen LogP contribution in [0.15, 0.2) is 0 Å². The van der Waals surface area contributed by atoms with E-state index < -0.39 is 0 Å². The summed E-state index contributed by atoms with van der Waals surface area (Å²) in [5.41, 5.74) is 0. The van der Waals surface area contributed by atoms with E-state index in [1.165, 1.54) is 0 Å². The Morgan fingerprint density at radius 1 is 0.600 bits per heavy atom. The molecule has 0 bridgehead atoms. The molecule has 0 aliphatic heterocycles. The predicted molar refractivity (Wildman–Crippen MR) is 5.75 cm³/mol. The Morgan fingerprint density at radius 3 is 0.600 bits per heavy atom. The van der Waals surface area contributed by atoms with Gasteiger partial charge in [-0.3, -0.25) is 0 Å². The molecular formula is F3SnYb+4. The Labute approximate surface area is 83.4 Å². The van der Waals surface area contributed by atoms with Crippen LogP contribution < -0.4 is 14.1 Å². The van der Waals surface area contributed by atoms with Crippen LogP contribution in [0, 0.1) is 46.9 Å². The van der Waals surface area contributed by atoms with E-state index in [1.807, 2.05) is 0 Å². The Bertz CT molecular complexity index is 6.85. The Morgan fingerprint density at radius 2 is 0.600 bits per heavy atom. The summed E-state index contributed by atoms with van der Waals surface area (Å²) in [6, 6.07) is 0. The van der Waals surface area contributed by atoms with E-state index in [0.29, 0.717) is 0 Å². The van der Waals surface area contributed by atoms with Crippen molar-refractivity contribution in [3.05, 3.63) is 0 Å². The molecule has 0 saturated carbocycles. The van der Waals surface area contributed by atoms with Gasteiger partial charge in [-0.05, 0) is 0 Å². The maximum absolute atomic E-state index is 0. The Balaban J connectivity index is 0. The molecule has 0 saturated heterocycles. The molecule has 0 aliphatic rings. The zero-order valence-electron chi connectivity index (χ0n) is 1.90. The average Bonchev–Trinajstić information content (AvgIpc) is 0. The summed E-state index contributed by atoms with van der Waals surface area (Å²) >= 11 is 0. The molecule has 0 unspecified atom stereocenters. The van der Waals surface area contributed by atoms with Crippen LogP contribution in [0.1, 0.15) is 0 Å². The van der Waals surface area contributed by atoms with Gasteiger partial charge in [0.1, 0.15) is 0 Å². The molecule has 0 spiro atoms. The van der Waals surface area contributed by atoms with Crippen LogP contribution in [-0.4, -0.2) is 23.9 Å². The van der Waals surface area contributed by atoms with Crippen LogP contribution in [0.2, 0.25) is 0 Å². The third-order valence-corrected chi connectivity index (χ3v) is 0. The van der Waals surface area contributed by atoms with Gasteiger partial charge in [-0.25, -0.2) is 0 Å². The fraction of sp³-hybridized carbons (Fsp3) is 0. The largest absolute Gasteiger partial charge is 4.00 e. The SMILES string of the molecule is [F-].[F-].[F-].[Sn+4].[Yb+3]. The normalized spacial score (nSPS) is 0. The first-order valence-corrected chi connectivity index (χ1v) is 0. The predicted octanol–water partition coefficient (Wildman–Crippen LogP) is -9.37. The van der Waals surface area contributed by atoms with Crippen LogP contribution in [-0.2, 0) is 0 Å². The number of hydrogen-bond acceptors (Lipinski definition) is 0. The van der Waals surface area contributed by atoms with E-state index in [2.05, 4.69) is 0 Å². The quantitative estimate of drug-likeness (QED) is 0.382. The Kier molecular flexibility index (Phi) is 428. The molecule has 0 amide bonds. The van der Waals surface area contributed by atoms with E-state index in [4.69, 9.17) is 0 Å². The molecule has 0 N–H and O–H groups in total. The van der Waals surface area contributed by atoms with Crippen molar-refractivity contribution < 1.29 is 61.0 Å². The monoisotopic (exact) mass is 351 g/mol. The minimum atomic E-state index is 0. The maximum Gasteiger partial charge on any atom is 4.00 e. The first kappa shape index (κ1) is 59.7. The second-order valence-corrected chi connectivity index (χ2v) is 0. The summed E-state index contributed by atoms with van der Waals surface area (Å²) in [4.78, 5) is 0. The number of rotatable bonds is 0. The topological polar surface area (TPSA) is 0 Å². The number of hydrogen-bond donors (Lipinski definition) is 0. The third-order valence-electron chi connectivity index (χ3n) is 0. The van der Waals surface area contributed by atoms with E-state index in [-0.39, 0.29) is 84.9 Å². The van der Waals surface area contributed by atoms with Gasteiger partial charge in [0.2, 0.25) is 0 Å². The maximum atomic E-state index is 0. The van der Waals surface area contributed by atoms with E-state index >= 15 is 0 Å². The van der Waals surface area contributed by atoms with Crippen molar-refractivity contribution in [3.63, 3.8) is 0 Å². The number of halogens is 3. The Hall–Kier alpha value is 2.11. The second kappa shape index (κ2) is 35.9. The fourth-order valence-corrected chi connectivity index (χ4v) is 0. The molecule has 0 aliphatic carbocycles. The molecule has 5 heteroatoms. The van der Waals surface area contributed by atoms with Gasteiger partial charge in [0.15, 0.2) is 0 Å². The van der Waals surface area contributed by atoms with Crippen molar-refractivity contribution >= 4 is 23.9 Å². The molecule has 0 nitrogen and oxygen atoms in total. The first-order chi connectivity index (χ1) is 0. The molecule has 0 fully saturated rings. The van der Waals surface area contributed by atoms with Gasteiger partial charge in [0.25, 0.3) is 0 Å². The third kappa shape index (κ3) is 23.2. The van der Waals surface area contributed by atoms with Gasteiger partial charge in [-0.2, -0.15) is 0 Å². The minimum Gasteiger partial charge on any atom is -1.00 e. The van der Waals surface area contributed by atoms with Crippen LogP contribution in [0.3, 0.4) is 0 Å². The summed E-state index contributed by atoms with van der Waals surface area (Å²) < 4.78 is 0. The van der Waals surface area contributed by atoms with Crippen molar-refractivity contribution in [3.8, 4) is 0 Å². The molecule has 0 aromatic heterocycles. The van der Waals surface area contributed by atoms with Crippen LogP contribution >= 0.6 is 0 Å². The second-order valence-electron chi connectivity index (χ2n) is 0. The van der Waals surface area contributed by atoms with Crippen molar-refractivity contribution in [2.45, 2.75) is 0 Å². The fourth-order valence-electron chi connectivity index (χ4n) is 0. The van der Waals surface area contributed by atoms with Crippen molar-refractivity contribution in [2.75, 3.05) is 0 Å². The average molecular weight is 349 g/mol. The van der Waals surface area contributed by atoms with Gasteiger partial charge in [0, 0.05) is 0 Å². The molecule has 1 radical (unpaired) electrons. The molecule has 5 heavy (non-hydrogen) atoms. The van der Waals surface area contributed by atoms with E-state index in [9.17, 15) is 0 Å². The van der Waals surface area contributed by atoms with E-state index in [1.54, 1.807) is 0 Å². The standard InChI is InChI=1S/3FH.Sn.Yb/h3*1H;;/q;;;+4;+3/p-3. The summed E-state index contributed by atoms with van der Waals surface area (Å²) in [5, 5.41) is 0. The minimum absolute atomic E-state index is 0. The van der Waals surface area contributed by atoms with Crippen molar-refractivity contribution in [1.29, 1.82) is 0 Å². The zero-order chi connectivity index (χ0) is 0. The molecule has 0 heterocycles. The molecule has 0 atom stereocenters. The van der Waals surface area contributed by atoms with Crippen LogP contribution in [0.25, 0.3) is 0 Å². The molecule has 0 aromatic carbocycles. The first-order valence-electron chi connectivity index (χ1n) is 0. The summed E-state index contributed by atoms with van der Waals surface area (Å²) in [6.07, 6.45) is 0. The smallest absolute Gasteiger partial charge is 1.00 e. The molecule has 0 aromatic rings. The van der Waals surface area contributed by atoms with Gasteiger partial charge in [-0.1, -0.05) is 0 Å². The van der Waals surface area contributed by atoms with Gasteiger partial charge in [-0.15, -0.1) is 0 Å². The zero-order valence-corrected chi connectivity index (χ0v) is 6.47. The van der Waals surface area contributed by atoms with Crippen LogP contribution in [0.4, 0.5) is 0 Å². The van der Waals surface area contributed by atoms with Gasteiger partial charge >= 0.3 is 70.8 Å². The van der Waals surface area contributed by atoms with Gasteiger partial charge < -0.3 is 14.1 Å².